The van der Waals surface area contributed by atoms with Crippen LogP contribution in [0.25, 0.3) is 0 Å². The Balaban J connectivity index is 2.37. The zero-order valence-electron chi connectivity index (χ0n) is 13.5. The van der Waals surface area contributed by atoms with Crippen molar-refractivity contribution in [2.45, 2.75) is 32.0 Å². The number of rotatable bonds is 5. The molecule has 1 aromatic carbocycles. The van der Waals surface area contributed by atoms with Crippen LogP contribution < -0.4 is 5.73 Å². The zero-order chi connectivity index (χ0) is 16.9. The summed E-state index contributed by atoms with van der Waals surface area (Å²) in [4.78, 5) is 4.66. The number of halogens is 1. The first-order valence-corrected chi connectivity index (χ1v) is 8.02. The fraction of sp³-hybridized carbons (Fsp3) is 0.471. The average Bonchev–Trinajstić information content (AvgIpc) is 2.56. The van der Waals surface area contributed by atoms with E-state index in [0.717, 1.165) is 17.0 Å². The molecule has 0 bridgehead atoms. The molecule has 3 N–H and O–H groups in total. The van der Waals surface area contributed by atoms with E-state index >= 15 is 0 Å². The van der Waals surface area contributed by atoms with Crippen LogP contribution >= 0.6 is 11.6 Å². The van der Waals surface area contributed by atoms with Crippen LogP contribution in [0, 0.1) is 0 Å². The number of aliphatic hydroxyl groups excluding tert-OH is 1. The summed E-state index contributed by atoms with van der Waals surface area (Å²) in [5.41, 5.74) is 8.79. The van der Waals surface area contributed by atoms with Gasteiger partial charge in [0, 0.05) is 48.6 Å². The van der Waals surface area contributed by atoms with Gasteiger partial charge in [-0.1, -0.05) is 17.7 Å². The van der Waals surface area contributed by atoms with Crippen molar-refractivity contribution >= 4 is 23.0 Å². The second-order valence-electron chi connectivity index (χ2n) is 5.42. The zero-order valence-corrected chi connectivity index (χ0v) is 14.3. The molecule has 1 aromatic rings. The van der Waals surface area contributed by atoms with Crippen LogP contribution in [0.4, 0.5) is 5.69 Å². The summed E-state index contributed by atoms with van der Waals surface area (Å²) in [5, 5.41) is 10.1. The molecule has 23 heavy (non-hydrogen) atoms. The minimum Gasteiger partial charge on any atom is -0.400 e. The Morgan fingerprint density at radius 3 is 2.87 bits per heavy atom. The quantitative estimate of drug-likeness (QED) is 0.808. The van der Waals surface area contributed by atoms with Gasteiger partial charge in [-0.15, -0.1) is 0 Å². The van der Waals surface area contributed by atoms with E-state index in [1.165, 1.54) is 0 Å². The normalized spacial score (nSPS) is 25.7. The number of hydrogen-bond donors (Lipinski definition) is 2. The van der Waals surface area contributed by atoms with Crippen molar-refractivity contribution in [2.24, 2.45) is 10.7 Å². The summed E-state index contributed by atoms with van der Waals surface area (Å²) in [7, 11) is 1.63. The molecular weight excluding hydrogens is 316 g/mol. The standard InChI is InChI=1S/C17H23ClN2O3/c1-3-23-17(22-2)8-7-16(14(10-17)15(19)11-21)20-13-6-4-5-12(18)9-13/h4-6,9,21H,3,7-8,10-11,19H2,1-2H3/b15-14-,20-16?. The van der Waals surface area contributed by atoms with E-state index in [9.17, 15) is 5.11 Å². The van der Waals surface area contributed by atoms with Crippen molar-refractivity contribution in [2.75, 3.05) is 20.3 Å². The van der Waals surface area contributed by atoms with Gasteiger partial charge in [0.05, 0.1) is 12.3 Å². The van der Waals surface area contributed by atoms with Gasteiger partial charge < -0.3 is 20.3 Å². The summed E-state index contributed by atoms with van der Waals surface area (Å²) in [6.45, 7) is 2.24. The van der Waals surface area contributed by atoms with E-state index in [0.29, 0.717) is 36.6 Å². The SMILES string of the molecule is CCOC1(OC)CCC(=Nc2cccc(Cl)c2)/C(=C(\N)CO)C1. The lowest BCUT2D eigenvalue weighted by atomic mass is 9.86. The van der Waals surface area contributed by atoms with Crippen LogP contribution in [0.2, 0.25) is 5.02 Å². The van der Waals surface area contributed by atoms with Gasteiger partial charge in [0.2, 0.25) is 0 Å². The molecule has 0 heterocycles. The predicted molar refractivity (Wildman–Crippen MR) is 92.1 cm³/mol. The second-order valence-corrected chi connectivity index (χ2v) is 5.86. The summed E-state index contributed by atoms with van der Waals surface area (Å²) < 4.78 is 11.4. The van der Waals surface area contributed by atoms with Gasteiger partial charge in [-0.3, -0.25) is 4.99 Å². The summed E-state index contributed by atoms with van der Waals surface area (Å²) >= 11 is 6.01. The third-order valence-electron chi connectivity index (χ3n) is 3.95. The largest absolute Gasteiger partial charge is 0.400 e. The number of ether oxygens (including phenoxy) is 2. The Hall–Kier alpha value is -1.40. The maximum atomic E-state index is 9.45. The minimum atomic E-state index is -0.711. The first-order valence-electron chi connectivity index (χ1n) is 7.64. The molecular formula is C17H23ClN2O3. The third-order valence-corrected chi connectivity index (χ3v) is 4.18. The highest BCUT2D eigenvalue weighted by molar-refractivity contribution is 6.30. The number of nitrogens with two attached hydrogens (primary N) is 1. The summed E-state index contributed by atoms with van der Waals surface area (Å²) in [6, 6.07) is 7.33. The van der Waals surface area contributed by atoms with E-state index in [1.807, 2.05) is 19.1 Å². The molecule has 1 unspecified atom stereocenters. The van der Waals surface area contributed by atoms with E-state index in [2.05, 4.69) is 4.99 Å². The maximum absolute atomic E-state index is 9.45. The molecule has 0 amide bonds. The van der Waals surface area contributed by atoms with Gasteiger partial charge in [0.25, 0.3) is 0 Å². The Morgan fingerprint density at radius 1 is 1.48 bits per heavy atom. The highest BCUT2D eigenvalue weighted by Crippen LogP contribution is 2.36. The van der Waals surface area contributed by atoms with E-state index in [1.54, 1.807) is 19.2 Å². The molecule has 0 spiro atoms. The Kier molecular flexibility index (Phi) is 6.18. The van der Waals surface area contributed by atoms with Crippen LogP contribution in [0.5, 0.6) is 0 Å². The lowest BCUT2D eigenvalue weighted by Crippen LogP contribution is -2.41. The predicted octanol–water partition coefficient (Wildman–Crippen LogP) is 3.18. The Bertz CT molecular complexity index is 616. The summed E-state index contributed by atoms with van der Waals surface area (Å²) in [5.74, 6) is -0.711. The molecule has 1 aliphatic carbocycles. The number of nitrogens with zero attached hydrogens (tertiary/aromatic N) is 1. The van der Waals surface area contributed by atoms with E-state index in [4.69, 9.17) is 26.8 Å². The van der Waals surface area contributed by atoms with Crippen molar-refractivity contribution < 1.29 is 14.6 Å². The van der Waals surface area contributed by atoms with E-state index < -0.39 is 5.79 Å². The molecule has 5 nitrogen and oxygen atoms in total. The molecule has 126 valence electrons. The van der Waals surface area contributed by atoms with Gasteiger partial charge in [-0.25, -0.2) is 0 Å². The van der Waals surface area contributed by atoms with Crippen molar-refractivity contribution in [3.8, 4) is 0 Å². The Labute approximate surface area is 141 Å². The third kappa shape index (κ3) is 4.32. The number of benzene rings is 1. The topological polar surface area (TPSA) is 77.1 Å². The van der Waals surface area contributed by atoms with Crippen LogP contribution in [0.1, 0.15) is 26.2 Å². The van der Waals surface area contributed by atoms with Crippen LogP contribution in [0.15, 0.2) is 40.5 Å². The second kappa shape index (κ2) is 7.93. The molecule has 0 radical (unpaired) electrons. The number of methoxy groups -OCH3 is 1. The van der Waals surface area contributed by atoms with Gasteiger partial charge in [0.15, 0.2) is 5.79 Å². The first-order chi connectivity index (χ1) is 11.0. The average molecular weight is 339 g/mol. The highest BCUT2D eigenvalue weighted by Gasteiger charge is 2.38. The molecule has 0 aliphatic heterocycles. The molecule has 0 saturated heterocycles. The molecule has 0 aromatic heterocycles. The van der Waals surface area contributed by atoms with Gasteiger partial charge >= 0.3 is 0 Å². The molecule has 6 heteroatoms. The Morgan fingerprint density at radius 2 is 2.26 bits per heavy atom. The monoisotopic (exact) mass is 338 g/mol. The number of aliphatic imine (C=N–C) groups is 1. The van der Waals surface area contributed by atoms with Crippen molar-refractivity contribution in [3.05, 3.63) is 40.6 Å². The highest BCUT2D eigenvalue weighted by atomic mass is 35.5. The molecule has 2 rings (SSSR count). The van der Waals surface area contributed by atoms with Crippen molar-refractivity contribution in [1.29, 1.82) is 0 Å². The van der Waals surface area contributed by atoms with Gasteiger partial charge in [-0.2, -0.15) is 0 Å². The fourth-order valence-corrected chi connectivity index (χ4v) is 2.94. The van der Waals surface area contributed by atoms with Crippen LogP contribution in [-0.4, -0.2) is 36.9 Å². The summed E-state index contributed by atoms with van der Waals surface area (Å²) in [6.07, 6.45) is 1.79. The number of aliphatic hydroxyl groups is 1. The first kappa shape index (κ1) is 17.9. The smallest absolute Gasteiger partial charge is 0.172 e. The fourth-order valence-electron chi connectivity index (χ4n) is 2.76. The van der Waals surface area contributed by atoms with Crippen LogP contribution in [-0.2, 0) is 9.47 Å². The lowest BCUT2D eigenvalue weighted by Gasteiger charge is -2.37. The van der Waals surface area contributed by atoms with E-state index in [-0.39, 0.29) is 6.61 Å². The molecule has 1 saturated carbocycles. The molecule has 1 atom stereocenters. The van der Waals surface area contributed by atoms with Crippen molar-refractivity contribution in [1.82, 2.24) is 0 Å². The number of hydrogen-bond acceptors (Lipinski definition) is 5. The van der Waals surface area contributed by atoms with Crippen LogP contribution in [0.3, 0.4) is 0 Å². The van der Waals surface area contributed by atoms with Gasteiger partial charge in [-0.05, 0) is 31.5 Å². The molecule has 1 fully saturated rings. The lowest BCUT2D eigenvalue weighted by molar-refractivity contribution is -0.223. The molecule has 1 aliphatic rings. The minimum absolute atomic E-state index is 0.226. The maximum Gasteiger partial charge on any atom is 0.172 e. The van der Waals surface area contributed by atoms with Crippen molar-refractivity contribution in [3.63, 3.8) is 0 Å². The van der Waals surface area contributed by atoms with Gasteiger partial charge in [0.1, 0.15) is 0 Å².